The second-order valence-electron chi connectivity index (χ2n) is 4.28. The molecule has 110 valence electrons. The van der Waals surface area contributed by atoms with E-state index < -0.39 is 5.82 Å². The molecule has 4 nitrogen and oxygen atoms in total. The Balaban J connectivity index is 1.99. The summed E-state index contributed by atoms with van der Waals surface area (Å²) in [5.41, 5.74) is 6.66. The van der Waals surface area contributed by atoms with Crippen LogP contribution in [-0.2, 0) is 11.3 Å². The second-order valence-corrected chi connectivity index (χ2v) is 5.20. The van der Waals surface area contributed by atoms with Gasteiger partial charge in [0.2, 0.25) is 0 Å². The van der Waals surface area contributed by atoms with Crippen LogP contribution in [-0.4, -0.2) is 12.5 Å². The highest BCUT2D eigenvalue weighted by molar-refractivity contribution is 9.10. The molecular weight excluding hydrogens is 339 g/mol. The molecule has 2 rings (SSSR count). The summed E-state index contributed by atoms with van der Waals surface area (Å²) in [5.74, 6) is -0.892. The van der Waals surface area contributed by atoms with Crippen LogP contribution in [0.5, 0.6) is 5.75 Å². The Morgan fingerprint density at radius 2 is 2.05 bits per heavy atom. The van der Waals surface area contributed by atoms with E-state index in [0.717, 1.165) is 4.47 Å². The lowest BCUT2D eigenvalue weighted by molar-refractivity contribution is -0.118. The largest absolute Gasteiger partial charge is 0.480 e. The van der Waals surface area contributed by atoms with Crippen LogP contribution in [0.3, 0.4) is 0 Å². The molecular formula is C15H14BrFN2O2. The van der Waals surface area contributed by atoms with Gasteiger partial charge in [-0.3, -0.25) is 4.79 Å². The van der Waals surface area contributed by atoms with E-state index in [4.69, 9.17) is 10.5 Å². The molecule has 1 amide bonds. The highest BCUT2D eigenvalue weighted by Crippen LogP contribution is 2.22. The van der Waals surface area contributed by atoms with Gasteiger partial charge in [0, 0.05) is 22.3 Å². The van der Waals surface area contributed by atoms with Gasteiger partial charge in [-0.05, 0) is 24.3 Å². The summed E-state index contributed by atoms with van der Waals surface area (Å²) in [6.07, 6.45) is 0. The Kier molecular flexibility index (Phi) is 5.30. The molecule has 0 aliphatic heterocycles. The van der Waals surface area contributed by atoms with E-state index in [1.807, 2.05) is 6.07 Å². The normalized spacial score (nSPS) is 10.2. The lowest BCUT2D eigenvalue weighted by atomic mass is 10.2. The van der Waals surface area contributed by atoms with Gasteiger partial charge in [0.15, 0.2) is 18.2 Å². The number of nitrogens with one attached hydrogen (secondary N) is 1. The van der Waals surface area contributed by atoms with Crippen molar-refractivity contribution in [1.82, 2.24) is 0 Å². The van der Waals surface area contributed by atoms with E-state index in [9.17, 15) is 9.18 Å². The quantitative estimate of drug-likeness (QED) is 0.868. The smallest absolute Gasteiger partial charge is 0.262 e. The molecule has 3 N–H and O–H groups in total. The first-order valence-electron chi connectivity index (χ1n) is 6.26. The van der Waals surface area contributed by atoms with Gasteiger partial charge >= 0.3 is 0 Å². The summed E-state index contributed by atoms with van der Waals surface area (Å²) >= 11 is 3.31. The third-order valence-corrected chi connectivity index (χ3v) is 3.22. The molecule has 0 unspecified atom stereocenters. The third kappa shape index (κ3) is 4.27. The molecule has 0 heterocycles. The minimum absolute atomic E-state index is 0.0180. The lowest BCUT2D eigenvalue weighted by Crippen LogP contribution is -2.21. The van der Waals surface area contributed by atoms with Crippen LogP contribution in [0.4, 0.5) is 10.1 Å². The number of rotatable bonds is 5. The fourth-order valence-corrected chi connectivity index (χ4v) is 2.18. The minimum atomic E-state index is -0.534. The standard InChI is InChI=1S/C15H14BrFN2O2/c16-11-4-2-5-12(7-11)19-14(20)9-21-15-10(8-18)3-1-6-13(15)17/h1-7H,8-9,18H2,(H,19,20). The first-order chi connectivity index (χ1) is 10.1. The van der Waals surface area contributed by atoms with E-state index in [-0.39, 0.29) is 24.8 Å². The third-order valence-electron chi connectivity index (χ3n) is 2.72. The zero-order valence-electron chi connectivity index (χ0n) is 11.1. The Morgan fingerprint density at radius 1 is 1.29 bits per heavy atom. The van der Waals surface area contributed by atoms with Crippen molar-refractivity contribution < 1.29 is 13.9 Å². The Labute approximate surface area is 130 Å². The van der Waals surface area contributed by atoms with E-state index in [0.29, 0.717) is 11.3 Å². The maximum Gasteiger partial charge on any atom is 0.262 e. The average molecular weight is 353 g/mol. The number of ether oxygens (including phenoxy) is 1. The summed E-state index contributed by atoms with van der Waals surface area (Å²) in [5, 5.41) is 2.66. The number of nitrogens with two attached hydrogens (primary N) is 1. The fourth-order valence-electron chi connectivity index (χ4n) is 1.78. The number of carbonyl (C=O) groups excluding carboxylic acids is 1. The monoisotopic (exact) mass is 352 g/mol. The van der Waals surface area contributed by atoms with Crippen molar-refractivity contribution in [1.29, 1.82) is 0 Å². The highest BCUT2D eigenvalue weighted by Gasteiger charge is 2.11. The summed E-state index contributed by atoms with van der Waals surface area (Å²) in [6.45, 7) is -0.152. The zero-order chi connectivity index (χ0) is 15.2. The van der Waals surface area contributed by atoms with Crippen molar-refractivity contribution in [3.05, 3.63) is 58.3 Å². The van der Waals surface area contributed by atoms with Gasteiger partial charge in [0.1, 0.15) is 0 Å². The summed E-state index contributed by atoms with van der Waals surface area (Å²) in [6, 6.07) is 11.6. The average Bonchev–Trinajstić information content (AvgIpc) is 2.45. The number of amides is 1. The molecule has 2 aromatic rings. The van der Waals surface area contributed by atoms with Gasteiger partial charge in [0.05, 0.1) is 0 Å². The molecule has 21 heavy (non-hydrogen) atoms. The first-order valence-corrected chi connectivity index (χ1v) is 7.05. The van der Waals surface area contributed by atoms with Crippen LogP contribution in [0.1, 0.15) is 5.56 Å². The molecule has 0 aliphatic carbocycles. The van der Waals surface area contributed by atoms with Gasteiger partial charge in [-0.15, -0.1) is 0 Å². The molecule has 6 heteroatoms. The van der Waals surface area contributed by atoms with Crippen LogP contribution in [0.15, 0.2) is 46.9 Å². The predicted molar refractivity (Wildman–Crippen MR) is 82.6 cm³/mol. The van der Waals surface area contributed by atoms with Crippen molar-refractivity contribution in [2.75, 3.05) is 11.9 Å². The maximum atomic E-state index is 13.6. The molecule has 0 aromatic heterocycles. The van der Waals surface area contributed by atoms with E-state index >= 15 is 0 Å². The Hall–Kier alpha value is -1.92. The SMILES string of the molecule is NCc1cccc(F)c1OCC(=O)Nc1cccc(Br)c1. The van der Waals surface area contributed by atoms with Crippen LogP contribution in [0.25, 0.3) is 0 Å². The van der Waals surface area contributed by atoms with Crippen LogP contribution >= 0.6 is 15.9 Å². The molecule has 0 saturated carbocycles. The first kappa shape index (κ1) is 15.5. The van der Waals surface area contributed by atoms with Gasteiger partial charge < -0.3 is 15.8 Å². The highest BCUT2D eigenvalue weighted by atomic mass is 79.9. The van der Waals surface area contributed by atoms with E-state index in [1.54, 1.807) is 30.3 Å². The number of anilines is 1. The fraction of sp³-hybridized carbons (Fsp3) is 0.133. The number of hydrogen-bond acceptors (Lipinski definition) is 3. The zero-order valence-corrected chi connectivity index (χ0v) is 12.7. The van der Waals surface area contributed by atoms with Crippen LogP contribution in [0, 0.1) is 5.82 Å². The number of carbonyl (C=O) groups is 1. The van der Waals surface area contributed by atoms with Gasteiger partial charge in [-0.25, -0.2) is 4.39 Å². The molecule has 0 spiro atoms. The predicted octanol–water partition coefficient (Wildman–Crippen LogP) is 3.06. The summed E-state index contributed by atoms with van der Waals surface area (Å²) in [4.78, 5) is 11.8. The summed E-state index contributed by atoms with van der Waals surface area (Å²) < 4.78 is 19.7. The van der Waals surface area contributed by atoms with Gasteiger partial charge in [-0.2, -0.15) is 0 Å². The lowest BCUT2D eigenvalue weighted by Gasteiger charge is -2.11. The van der Waals surface area contributed by atoms with E-state index in [1.165, 1.54) is 6.07 Å². The molecule has 0 atom stereocenters. The molecule has 0 bridgehead atoms. The molecule has 2 aromatic carbocycles. The topological polar surface area (TPSA) is 64.3 Å². The summed E-state index contributed by atoms with van der Waals surface area (Å²) in [7, 11) is 0. The van der Waals surface area contributed by atoms with Gasteiger partial charge in [0.25, 0.3) is 5.91 Å². The number of benzene rings is 2. The van der Waals surface area contributed by atoms with Crippen molar-refractivity contribution in [2.45, 2.75) is 6.54 Å². The van der Waals surface area contributed by atoms with Crippen LogP contribution < -0.4 is 15.8 Å². The van der Waals surface area contributed by atoms with Gasteiger partial charge in [-0.1, -0.05) is 34.1 Å². The number of para-hydroxylation sites is 1. The maximum absolute atomic E-state index is 13.6. The van der Waals surface area contributed by atoms with Crippen molar-refractivity contribution in [3.63, 3.8) is 0 Å². The van der Waals surface area contributed by atoms with Crippen molar-refractivity contribution >= 4 is 27.5 Å². The van der Waals surface area contributed by atoms with Crippen molar-refractivity contribution in [2.24, 2.45) is 5.73 Å². The second kappa shape index (κ2) is 7.19. The molecule has 0 radical (unpaired) electrons. The molecule has 0 aliphatic rings. The minimum Gasteiger partial charge on any atom is -0.480 e. The van der Waals surface area contributed by atoms with Crippen molar-refractivity contribution in [3.8, 4) is 5.75 Å². The van der Waals surface area contributed by atoms with Crippen LogP contribution in [0.2, 0.25) is 0 Å². The molecule has 0 saturated heterocycles. The number of hydrogen-bond donors (Lipinski definition) is 2. The Bertz CT molecular complexity index is 649. The number of halogens is 2. The van der Waals surface area contributed by atoms with E-state index in [2.05, 4.69) is 21.2 Å². The Morgan fingerprint density at radius 3 is 2.76 bits per heavy atom. The molecule has 0 fully saturated rings.